The summed E-state index contributed by atoms with van der Waals surface area (Å²) in [4.78, 5) is 0. The molecule has 0 fully saturated rings. The van der Waals surface area contributed by atoms with Crippen LogP contribution < -0.4 is 4.74 Å². The maximum atomic E-state index is 10.0. The molecule has 0 saturated carbocycles. The second-order valence-corrected chi connectivity index (χ2v) is 6.47. The lowest BCUT2D eigenvalue weighted by Crippen LogP contribution is -2.06. The Morgan fingerprint density at radius 2 is 1.41 bits per heavy atom. The SMILES string of the molecule is OC(OCCc1cccc(OCCCc2ccccc2)c1)c1ccccc1. The van der Waals surface area contributed by atoms with Gasteiger partial charge in [0.1, 0.15) is 5.75 Å². The van der Waals surface area contributed by atoms with Crippen LogP contribution in [0.3, 0.4) is 0 Å². The second-order valence-electron chi connectivity index (χ2n) is 6.47. The molecule has 0 aliphatic heterocycles. The third-order valence-corrected chi connectivity index (χ3v) is 4.37. The number of aliphatic hydroxyl groups is 1. The Hall–Kier alpha value is -2.62. The van der Waals surface area contributed by atoms with Crippen molar-refractivity contribution in [3.8, 4) is 5.75 Å². The maximum Gasteiger partial charge on any atom is 0.181 e. The molecule has 0 bridgehead atoms. The standard InChI is InChI=1S/C24H26O3/c25-24(22-13-5-2-6-14-22)27-18-16-21-11-7-15-23(19-21)26-17-8-12-20-9-3-1-4-10-20/h1-7,9-11,13-15,19,24-25H,8,12,16-18H2. The summed E-state index contributed by atoms with van der Waals surface area (Å²) in [5.74, 6) is 0.879. The van der Waals surface area contributed by atoms with E-state index in [4.69, 9.17) is 9.47 Å². The third kappa shape index (κ3) is 6.55. The van der Waals surface area contributed by atoms with Gasteiger partial charge in [0.25, 0.3) is 0 Å². The van der Waals surface area contributed by atoms with Crippen molar-refractivity contribution in [2.24, 2.45) is 0 Å². The average molecular weight is 362 g/mol. The lowest BCUT2D eigenvalue weighted by Gasteiger charge is -2.12. The zero-order valence-corrected chi connectivity index (χ0v) is 15.5. The lowest BCUT2D eigenvalue weighted by molar-refractivity contribution is -0.102. The van der Waals surface area contributed by atoms with Crippen LogP contribution >= 0.6 is 0 Å². The second kappa shape index (κ2) is 10.5. The highest BCUT2D eigenvalue weighted by Crippen LogP contribution is 2.17. The summed E-state index contributed by atoms with van der Waals surface area (Å²) in [6.45, 7) is 1.15. The average Bonchev–Trinajstić information content (AvgIpc) is 2.73. The Morgan fingerprint density at radius 3 is 2.19 bits per heavy atom. The molecule has 0 aliphatic carbocycles. The summed E-state index contributed by atoms with van der Waals surface area (Å²) in [5, 5.41) is 10.0. The molecule has 0 heterocycles. The molecular formula is C24H26O3. The number of benzene rings is 3. The highest BCUT2D eigenvalue weighted by Gasteiger charge is 2.06. The van der Waals surface area contributed by atoms with E-state index in [0.717, 1.165) is 36.1 Å². The number of ether oxygens (including phenoxy) is 2. The van der Waals surface area contributed by atoms with E-state index in [1.165, 1.54) is 5.56 Å². The molecule has 1 N–H and O–H groups in total. The number of hydrogen-bond donors (Lipinski definition) is 1. The van der Waals surface area contributed by atoms with Crippen molar-refractivity contribution in [2.45, 2.75) is 25.6 Å². The first kappa shape index (κ1) is 19.2. The van der Waals surface area contributed by atoms with Crippen LogP contribution in [0, 0.1) is 0 Å². The molecule has 0 amide bonds. The van der Waals surface area contributed by atoms with Crippen molar-refractivity contribution >= 4 is 0 Å². The molecular weight excluding hydrogens is 336 g/mol. The molecule has 1 unspecified atom stereocenters. The predicted octanol–water partition coefficient (Wildman–Crippen LogP) is 4.95. The minimum atomic E-state index is -0.886. The Bertz CT molecular complexity index is 787. The van der Waals surface area contributed by atoms with Crippen molar-refractivity contribution in [3.05, 3.63) is 102 Å². The van der Waals surface area contributed by atoms with Crippen LogP contribution in [0.4, 0.5) is 0 Å². The molecule has 3 aromatic carbocycles. The van der Waals surface area contributed by atoms with Crippen LogP contribution in [0.1, 0.15) is 29.4 Å². The summed E-state index contributed by atoms with van der Waals surface area (Å²) in [6.07, 6.45) is 1.85. The number of rotatable bonds is 10. The summed E-state index contributed by atoms with van der Waals surface area (Å²) < 4.78 is 11.4. The van der Waals surface area contributed by atoms with Gasteiger partial charge in [0, 0.05) is 5.56 Å². The number of hydrogen-bond acceptors (Lipinski definition) is 3. The molecule has 140 valence electrons. The minimum Gasteiger partial charge on any atom is -0.494 e. The molecule has 3 heteroatoms. The molecule has 0 aromatic heterocycles. The summed E-state index contributed by atoms with van der Waals surface area (Å²) in [7, 11) is 0. The van der Waals surface area contributed by atoms with Crippen LogP contribution in [-0.4, -0.2) is 18.3 Å². The van der Waals surface area contributed by atoms with Crippen molar-refractivity contribution in [1.29, 1.82) is 0 Å². The van der Waals surface area contributed by atoms with Gasteiger partial charge < -0.3 is 14.6 Å². The van der Waals surface area contributed by atoms with Crippen molar-refractivity contribution in [1.82, 2.24) is 0 Å². The lowest BCUT2D eigenvalue weighted by atomic mass is 10.1. The molecule has 0 spiro atoms. The van der Waals surface area contributed by atoms with Gasteiger partial charge in [-0.3, -0.25) is 0 Å². The van der Waals surface area contributed by atoms with Gasteiger partial charge >= 0.3 is 0 Å². The topological polar surface area (TPSA) is 38.7 Å². The number of aliphatic hydroxyl groups excluding tert-OH is 1. The van der Waals surface area contributed by atoms with Gasteiger partial charge in [0.15, 0.2) is 6.29 Å². The molecule has 1 atom stereocenters. The first-order valence-electron chi connectivity index (χ1n) is 9.41. The van der Waals surface area contributed by atoms with Crippen molar-refractivity contribution < 1.29 is 14.6 Å². The molecule has 0 aliphatic rings. The highest BCUT2D eigenvalue weighted by molar-refractivity contribution is 5.28. The summed E-state index contributed by atoms with van der Waals surface area (Å²) in [5.41, 5.74) is 3.24. The molecule has 0 saturated heterocycles. The molecule has 0 radical (unpaired) electrons. The first-order chi connectivity index (χ1) is 13.3. The Kier molecular flexibility index (Phi) is 7.45. The van der Waals surface area contributed by atoms with Gasteiger partial charge in [-0.1, -0.05) is 72.8 Å². The zero-order valence-electron chi connectivity index (χ0n) is 15.5. The van der Waals surface area contributed by atoms with E-state index in [0.29, 0.717) is 13.2 Å². The Balaban J connectivity index is 1.39. The van der Waals surface area contributed by atoms with Gasteiger partial charge in [-0.05, 0) is 42.5 Å². The van der Waals surface area contributed by atoms with Crippen LogP contribution in [0.2, 0.25) is 0 Å². The van der Waals surface area contributed by atoms with E-state index in [-0.39, 0.29) is 0 Å². The Morgan fingerprint density at radius 1 is 0.704 bits per heavy atom. The smallest absolute Gasteiger partial charge is 0.181 e. The van der Waals surface area contributed by atoms with Crippen LogP contribution in [-0.2, 0) is 17.6 Å². The predicted molar refractivity (Wildman–Crippen MR) is 108 cm³/mol. The van der Waals surface area contributed by atoms with Gasteiger partial charge in [0.05, 0.1) is 13.2 Å². The van der Waals surface area contributed by atoms with E-state index < -0.39 is 6.29 Å². The summed E-state index contributed by atoms with van der Waals surface area (Å²) in [6, 6.07) is 27.9. The number of aryl methyl sites for hydroxylation is 1. The molecule has 3 rings (SSSR count). The molecule has 3 aromatic rings. The zero-order chi connectivity index (χ0) is 18.7. The quantitative estimate of drug-likeness (QED) is 0.410. The van der Waals surface area contributed by atoms with Crippen LogP contribution in [0.15, 0.2) is 84.9 Å². The maximum absolute atomic E-state index is 10.0. The van der Waals surface area contributed by atoms with E-state index in [2.05, 4.69) is 30.3 Å². The summed E-state index contributed by atoms with van der Waals surface area (Å²) >= 11 is 0. The van der Waals surface area contributed by atoms with Gasteiger partial charge in [-0.2, -0.15) is 0 Å². The van der Waals surface area contributed by atoms with Crippen LogP contribution in [0.25, 0.3) is 0 Å². The van der Waals surface area contributed by atoms with Crippen molar-refractivity contribution in [3.63, 3.8) is 0 Å². The fourth-order valence-electron chi connectivity index (χ4n) is 2.90. The minimum absolute atomic E-state index is 0.452. The van der Waals surface area contributed by atoms with Gasteiger partial charge in [-0.15, -0.1) is 0 Å². The fraction of sp³-hybridized carbons (Fsp3) is 0.250. The van der Waals surface area contributed by atoms with Gasteiger partial charge in [-0.25, -0.2) is 0 Å². The highest BCUT2D eigenvalue weighted by atomic mass is 16.6. The first-order valence-corrected chi connectivity index (χ1v) is 9.41. The van der Waals surface area contributed by atoms with E-state index >= 15 is 0 Å². The van der Waals surface area contributed by atoms with Gasteiger partial charge in [0.2, 0.25) is 0 Å². The third-order valence-electron chi connectivity index (χ3n) is 4.37. The fourth-order valence-corrected chi connectivity index (χ4v) is 2.90. The largest absolute Gasteiger partial charge is 0.494 e. The van der Waals surface area contributed by atoms with Crippen LogP contribution in [0.5, 0.6) is 5.75 Å². The van der Waals surface area contributed by atoms with E-state index in [9.17, 15) is 5.11 Å². The van der Waals surface area contributed by atoms with Crippen molar-refractivity contribution in [2.75, 3.05) is 13.2 Å². The van der Waals surface area contributed by atoms with E-state index in [1.54, 1.807) is 0 Å². The Labute approximate surface area is 161 Å². The molecule has 3 nitrogen and oxygen atoms in total. The molecule has 27 heavy (non-hydrogen) atoms. The van der Waals surface area contributed by atoms with E-state index in [1.807, 2.05) is 54.6 Å². The normalized spacial score (nSPS) is 11.9. The monoisotopic (exact) mass is 362 g/mol.